The number of esters is 1. The van der Waals surface area contributed by atoms with E-state index in [1.165, 1.54) is 30.7 Å². The van der Waals surface area contributed by atoms with Crippen molar-refractivity contribution in [2.75, 3.05) is 11.3 Å². The number of anilines is 1. The minimum absolute atomic E-state index is 0.0225. The van der Waals surface area contributed by atoms with Crippen molar-refractivity contribution in [3.8, 4) is 22.3 Å². The topological polar surface area (TPSA) is 103 Å². The number of rotatable bonds is 10. The molecule has 0 radical (unpaired) electrons. The summed E-state index contributed by atoms with van der Waals surface area (Å²) in [6, 6.07) is 7.40. The van der Waals surface area contributed by atoms with Crippen molar-refractivity contribution in [3.05, 3.63) is 69.6 Å². The van der Waals surface area contributed by atoms with E-state index in [-0.39, 0.29) is 35.2 Å². The third-order valence-corrected chi connectivity index (χ3v) is 8.35. The highest BCUT2D eigenvalue weighted by molar-refractivity contribution is 9.10. The first kappa shape index (κ1) is 29.9. The molecule has 2 heterocycles. The van der Waals surface area contributed by atoms with Crippen molar-refractivity contribution in [3.63, 3.8) is 0 Å². The van der Waals surface area contributed by atoms with Crippen LogP contribution in [0.4, 0.5) is 18.9 Å². The Balaban J connectivity index is 1.96. The number of alkyl halides is 3. The maximum absolute atomic E-state index is 13.3. The molecule has 1 aromatic carbocycles. The Hall–Kier alpha value is -3.03. The van der Waals surface area contributed by atoms with Gasteiger partial charge in [-0.3, -0.25) is 4.72 Å². The van der Waals surface area contributed by atoms with Crippen molar-refractivity contribution in [1.82, 2.24) is 9.55 Å². The van der Waals surface area contributed by atoms with Gasteiger partial charge in [0.1, 0.15) is 5.82 Å². The van der Waals surface area contributed by atoms with Gasteiger partial charge in [-0.2, -0.15) is 21.6 Å². The average molecular weight is 663 g/mol. The Morgan fingerprint density at radius 2 is 1.90 bits per heavy atom. The van der Waals surface area contributed by atoms with E-state index in [1.807, 2.05) is 6.92 Å². The molecule has 0 spiro atoms. The summed E-state index contributed by atoms with van der Waals surface area (Å²) in [7, 11) is -5.71. The number of fused-ring (bicyclic) bond motifs is 1. The van der Waals surface area contributed by atoms with Crippen molar-refractivity contribution < 1.29 is 35.5 Å². The number of sulfonamides is 1. The number of ether oxygens (including phenoxy) is 1. The summed E-state index contributed by atoms with van der Waals surface area (Å²) in [6.07, 6.45) is 5.01. The zero-order valence-corrected chi connectivity index (χ0v) is 24.5. The van der Waals surface area contributed by atoms with Gasteiger partial charge < -0.3 is 13.7 Å². The van der Waals surface area contributed by atoms with Crippen LogP contribution < -0.4 is 4.72 Å². The molecule has 2 aliphatic rings. The molecule has 2 aromatic rings. The molecule has 0 bridgehead atoms. The van der Waals surface area contributed by atoms with Gasteiger partial charge >= 0.3 is 21.5 Å². The molecule has 1 aromatic heterocycles. The van der Waals surface area contributed by atoms with E-state index in [0.717, 1.165) is 12.8 Å². The summed E-state index contributed by atoms with van der Waals surface area (Å²) in [6.45, 7) is 3.79. The Morgan fingerprint density at radius 1 is 1.18 bits per heavy atom. The molecule has 4 rings (SSSR count). The van der Waals surface area contributed by atoms with Gasteiger partial charge in [0.25, 0.3) is 0 Å². The zero-order valence-electron chi connectivity index (χ0n) is 21.3. The maximum Gasteiger partial charge on any atom is 0.516 e. The molecule has 8 nitrogen and oxygen atoms in total. The van der Waals surface area contributed by atoms with Crippen LogP contribution in [0.5, 0.6) is 0 Å². The highest BCUT2D eigenvalue weighted by Gasteiger charge is 2.46. The van der Waals surface area contributed by atoms with Crippen LogP contribution in [-0.4, -0.2) is 36.1 Å². The van der Waals surface area contributed by atoms with Crippen molar-refractivity contribution in [2.24, 2.45) is 0 Å². The van der Waals surface area contributed by atoms with Gasteiger partial charge in [0, 0.05) is 27.6 Å². The first-order valence-electron chi connectivity index (χ1n) is 12.2. The second kappa shape index (κ2) is 11.8. The second-order valence-electron chi connectivity index (χ2n) is 8.73. The molecule has 1 aliphatic carbocycles. The van der Waals surface area contributed by atoms with Crippen LogP contribution in [0.25, 0.3) is 22.3 Å². The normalized spacial score (nSPS) is 12.2. The summed E-state index contributed by atoms with van der Waals surface area (Å²) < 4.78 is 78.2. The van der Waals surface area contributed by atoms with E-state index in [4.69, 9.17) is 20.8 Å². The largest absolute Gasteiger partial charge is 0.516 e. The van der Waals surface area contributed by atoms with Crippen LogP contribution in [0.15, 0.2) is 51.7 Å². The number of halogens is 5. The van der Waals surface area contributed by atoms with Gasteiger partial charge in [0.15, 0.2) is 10.8 Å². The Morgan fingerprint density at radius 3 is 2.58 bits per heavy atom. The van der Waals surface area contributed by atoms with Gasteiger partial charge in [-0.05, 0) is 52.5 Å². The van der Waals surface area contributed by atoms with Gasteiger partial charge in [-0.1, -0.05) is 43.1 Å². The van der Waals surface area contributed by atoms with Crippen LogP contribution in [0.3, 0.4) is 0 Å². The molecule has 214 valence electrons. The molecule has 0 unspecified atom stereocenters. The van der Waals surface area contributed by atoms with Gasteiger partial charge in [0.05, 0.1) is 31.4 Å². The van der Waals surface area contributed by atoms with E-state index < -0.39 is 21.5 Å². The van der Waals surface area contributed by atoms with E-state index in [0.29, 0.717) is 39.0 Å². The number of imidazole rings is 1. The van der Waals surface area contributed by atoms with Crippen molar-refractivity contribution >= 4 is 49.2 Å². The quantitative estimate of drug-likeness (QED) is 0.177. The molecular formula is C26H24BrClF3N3O5S. The molecule has 1 aliphatic heterocycles. The molecule has 0 saturated carbocycles. The highest BCUT2D eigenvalue weighted by Crippen LogP contribution is 2.48. The van der Waals surface area contributed by atoms with Crippen LogP contribution in [0, 0.1) is 0 Å². The maximum atomic E-state index is 13.3. The number of aryl methyl sites for hydroxylation is 1. The molecule has 0 atom stereocenters. The Labute approximate surface area is 242 Å². The summed E-state index contributed by atoms with van der Waals surface area (Å²) in [5.74, 6) is -0.148. The summed E-state index contributed by atoms with van der Waals surface area (Å²) in [4.78, 5) is 17.3. The van der Waals surface area contributed by atoms with Crippen molar-refractivity contribution in [1.29, 1.82) is 0 Å². The van der Waals surface area contributed by atoms with Gasteiger partial charge in [0.2, 0.25) is 0 Å². The molecular weight excluding hydrogens is 639 g/mol. The number of nitrogens with one attached hydrogen (secondary N) is 1. The predicted molar refractivity (Wildman–Crippen MR) is 148 cm³/mol. The second-order valence-corrected chi connectivity index (χ2v) is 11.6. The number of para-hydroxylation sites is 1. The van der Waals surface area contributed by atoms with E-state index in [2.05, 4.69) is 20.9 Å². The number of nitrogens with zero attached hydrogens (tertiary/aromatic N) is 2. The van der Waals surface area contributed by atoms with Gasteiger partial charge in [-0.25, -0.2) is 9.78 Å². The number of hydrogen-bond acceptors (Lipinski definition) is 6. The van der Waals surface area contributed by atoms with Crippen LogP contribution in [0.2, 0.25) is 5.15 Å². The molecule has 40 heavy (non-hydrogen) atoms. The Kier molecular flexibility index (Phi) is 8.86. The minimum atomic E-state index is -5.71. The first-order chi connectivity index (χ1) is 18.9. The fourth-order valence-corrected chi connectivity index (χ4v) is 5.98. The smallest absolute Gasteiger partial charge is 0.472 e. The number of unbranched alkanes of at least 4 members (excludes halogenated alkanes) is 1. The van der Waals surface area contributed by atoms with Crippen molar-refractivity contribution in [2.45, 2.75) is 45.2 Å². The minimum Gasteiger partial charge on any atom is -0.472 e. The first-order valence-corrected chi connectivity index (χ1v) is 14.8. The van der Waals surface area contributed by atoms with Crippen LogP contribution in [0.1, 0.15) is 48.6 Å². The third-order valence-electron chi connectivity index (χ3n) is 6.16. The lowest BCUT2D eigenvalue weighted by atomic mass is 10.0. The summed E-state index contributed by atoms with van der Waals surface area (Å²) >= 11 is 9.95. The van der Waals surface area contributed by atoms with Gasteiger partial charge in [-0.15, -0.1) is 0 Å². The predicted octanol–water partition coefficient (Wildman–Crippen LogP) is 7.49. The summed E-state index contributed by atoms with van der Waals surface area (Å²) in [5.41, 5.74) is -3.39. The molecule has 1 N–H and O–H groups in total. The molecule has 0 fully saturated rings. The number of benzene rings is 1. The van der Waals surface area contributed by atoms with E-state index >= 15 is 0 Å². The third kappa shape index (κ3) is 5.72. The van der Waals surface area contributed by atoms with E-state index in [1.54, 1.807) is 28.3 Å². The lowest BCUT2D eigenvalue weighted by Crippen LogP contribution is -2.30. The zero-order chi connectivity index (χ0) is 29.2. The molecule has 0 saturated heterocycles. The molecule has 0 amide bonds. The monoisotopic (exact) mass is 661 g/mol. The number of aromatic nitrogens is 2. The number of hydrogen-bond donors (Lipinski definition) is 1. The standard InChI is InChI=1S/C26H24BrClF3N3O5S/c1-3-5-10-20-32-24(28)23(25(35)39-4-2)34(20)13-17-15-11-12-38-14-18(15)22(27)21(17)16-8-6-7-9-19(16)33-40(36,37)26(29,30)31/h6-9,11-12,14,33H,3-5,10,13H2,1-2H3. The Bertz CT molecular complexity index is 1620. The number of carbonyl (C=O) groups is 1. The molecule has 14 heteroatoms. The lowest BCUT2D eigenvalue weighted by molar-refractivity contribution is -0.0429. The number of carbonyl (C=O) groups excluding carboxylic acids is 1. The van der Waals surface area contributed by atoms with Crippen LogP contribution in [-0.2, 0) is 27.7 Å². The summed E-state index contributed by atoms with van der Waals surface area (Å²) in [5, 5.41) is -0.0330. The van der Waals surface area contributed by atoms with E-state index in [9.17, 15) is 26.4 Å². The fraction of sp³-hybridized carbons (Fsp3) is 0.308. The highest BCUT2D eigenvalue weighted by atomic mass is 79.9. The SMILES string of the molecule is CCCCc1nc(Cl)c(C(=O)OCC)n1Cc1c2ccocc-2c(Br)c1-c1ccccc1NS(=O)(=O)C(F)(F)F. The van der Waals surface area contributed by atoms with Crippen LogP contribution >= 0.6 is 27.5 Å². The average Bonchev–Trinajstić information content (AvgIpc) is 3.35. The fourth-order valence-electron chi connectivity index (χ4n) is 4.36. The lowest BCUT2D eigenvalue weighted by Gasteiger charge is -2.17.